The third-order valence-electron chi connectivity index (χ3n) is 8.81. The van der Waals surface area contributed by atoms with E-state index < -0.39 is 0 Å². The first-order chi connectivity index (χ1) is 23.7. The van der Waals surface area contributed by atoms with E-state index in [0.29, 0.717) is 23.0 Å². The molecule has 0 N–H and O–H groups in total. The molecule has 1 aliphatic rings. The van der Waals surface area contributed by atoms with E-state index in [1.54, 1.807) is 0 Å². The van der Waals surface area contributed by atoms with Crippen LogP contribution in [0.1, 0.15) is 24.2 Å². The summed E-state index contributed by atoms with van der Waals surface area (Å²) in [6.07, 6.45) is 8.50. The number of hydrogen-bond acceptors (Lipinski definition) is 4. The summed E-state index contributed by atoms with van der Waals surface area (Å²) in [7, 11) is 0. The van der Waals surface area contributed by atoms with Gasteiger partial charge in [-0.15, -0.1) is 0 Å². The van der Waals surface area contributed by atoms with Crippen molar-refractivity contribution < 1.29 is 0 Å². The monoisotopic (exact) mass is 614 g/mol. The Balaban J connectivity index is 1.22. The Hall–Kier alpha value is -6.44. The van der Waals surface area contributed by atoms with Crippen molar-refractivity contribution in [2.24, 2.45) is 0 Å². The minimum absolute atomic E-state index is 0.649. The Morgan fingerprint density at radius 2 is 1.00 bits per heavy atom. The van der Waals surface area contributed by atoms with E-state index in [-0.39, 0.29) is 0 Å². The van der Waals surface area contributed by atoms with Crippen LogP contribution in [0.2, 0.25) is 0 Å². The zero-order chi connectivity index (χ0) is 32.3. The summed E-state index contributed by atoms with van der Waals surface area (Å²) in [6, 6.07) is 50.1. The van der Waals surface area contributed by atoms with Crippen LogP contribution in [-0.2, 0) is 0 Å². The van der Waals surface area contributed by atoms with Gasteiger partial charge in [0.05, 0.1) is 11.6 Å². The van der Waals surface area contributed by atoms with Gasteiger partial charge in [0.2, 0.25) is 0 Å². The second-order valence-corrected chi connectivity index (χ2v) is 11.8. The number of allylic oxidation sites excluding steroid dienone is 4. The summed E-state index contributed by atoms with van der Waals surface area (Å²) in [5.41, 5.74) is 10.0. The van der Waals surface area contributed by atoms with E-state index >= 15 is 0 Å². The van der Waals surface area contributed by atoms with Crippen LogP contribution in [0.5, 0.6) is 0 Å². The zero-order valence-electron chi connectivity index (χ0n) is 26.2. The van der Waals surface area contributed by atoms with Crippen LogP contribution >= 0.6 is 0 Å². The molecule has 226 valence electrons. The summed E-state index contributed by atoms with van der Waals surface area (Å²) in [5, 5.41) is 12.0. The number of fused-ring (bicyclic) bond motifs is 1. The summed E-state index contributed by atoms with van der Waals surface area (Å²) in [4.78, 5) is 14.8. The van der Waals surface area contributed by atoms with Gasteiger partial charge in [0.1, 0.15) is 0 Å². The zero-order valence-corrected chi connectivity index (χ0v) is 26.2. The average Bonchev–Trinajstić information content (AvgIpc) is 3.18. The molecule has 0 bridgehead atoms. The molecule has 4 heteroatoms. The highest BCUT2D eigenvalue weighted by molar-refractivity contribution is 6.05. The van der Waals surface area contributed by atoms with Crippen molar-refractivity contribution in [3.05, 3.63) is 169 Å². The van der Waals surface area contributed by atoms with Crippen LogP contribution < -0.4 is 0 Å². The maximum Gasteiger partial charge on any atom is 0.164 e. The van der Waals surface area contributed by atoms with E-state index in [0.717, 1.165) is 73.7 Å². The van der Waals surface area contributed by atoms with Crippen LogP contribution in [0.25, 0.3) is 72.5 Å². The smallest absolute Gasteiger partial charge is 0.164 e. The molecule has 0 amide bonds. The van der Waals surface area contributed by atoms with Gasteiger partial charge >= 0.3 is 0 Å². The highest BCUT2D eigenvalue weighted by Crippen LogP contribution is 2.38. The lowest BCUT2D eigenvalue weighted by atomic mass is 9.90. The molecule has 0 aliphatic heterocycles. The number of aromatic nitrogens is 3. The predicted octanol–water partition coefficient (Wildman–Crippen LogP) is 11.0. The molecule has 48 heavy (non-hydrogen) atoms. The van der Waals surface area contributed by atoms with Crippen molar-refractivity contribution in [1.82, 2.24) is 15.0 Å². The minimum atomic E-state index is 0.649. The van der Waals surface area contributed by atoms with Gasteiger partial charge in [0.25, 0.3) is 0 Å². The van der Waals surface area contributed by atoms with Crippen LogP contribution in [0.15, 0.2) is 158 Å². The SMILES string of the molecule is N#Cc1ccccc1-c1cccc(-c2ccc(-c3cccc(-c4nc(C5=CCCC=C5)nc(-c5ccccc5)n4)c3)c3ccccc23)c1. The molecule has 1 heterocycles. The summed E-state index contributed by atoms with van der Waals surface area (Å²) >= 11 is 0. The second kappa shape index (κ2) is 12.7. The molecule has 0 fully saturated rings. The number of hydrogen-bond donors (Lipinski definition) is 0. The van der Waals surface area contributed by atoms with E-state index in [9.17, 15) is 5.26 Å². The number of rotatable bonds is 6. The lowest BCUT2D eigenvalue weighted by molar-refractivity contribution is 1.01. The molecule has 6 aromatic carbocycles. The Morgan fingerprint density at radius 1 is 0.458 bits per heavy atom. The van der Waals surface area contributed by atoms with Gasteiger partial charge in [-0.25, -0.2) is 15.0 Å². The van der Waals surface area contributed by atoms with E-state index in [1.165, 1.54) is 0 Å². The van der Waals surface area contributed by atoms with Gasteiger partial charge in [0.15, 0.2) is 17.5 Å². The fourth-order valence-corrected chi connectivity index (χ4v) is 6.44. The molecule has 1 aromatic heterocycles. The van der Waals surface area contributed by atoms with Gasteiger partial charge in [-0.3, -0.25) is 0 Å². The molecule has 0 unspecified atom stereocenters. The number of nitrogens with zero attached hydrogens (tertiary/aromatic N) is 4. The normalized spacial score (nSPS) is 12.4. The van der Waals surface area contributed by atoms with Crippen LogP contribution in [0, 0.1) is 11.3 Å². The van der Waals surface area contributed by atoms with Gasteiger partial charge in [-0.05, 0) is 75.2 Å². The van der Waals surface area contributed by atoms with Crippen molar-refractivity contribution in [3.8, 4) is 62.2 Å². The Bertz CT molecular complexity index is 2410. The largest absolute Gasteiger partial charge is 0.208 e. The first-order valence-corrected chi connectivity index (χ1v) is 16.2. The van der Waals surface area contributed by atoms with Crippen LogP contribution in [0.3, 0.4) is 0 Å². The standard InChI is InChI=1S/C44H30N4/c45-29-36-17-7-8-22-37(36)32-18-11-19-33(27-32)38-25-26-39(41-24-10-9-23-40(38)41)34-20-12-21-35(28-34)44-47-42(30-13-3-1-4-14-30)46-43(48-44)31-15-5-2-6-16-31/h1,3-5,7-28H,2,6H2. The summed E-state index contributed by atoms with van der Waals surface area (Å²) in [6.45, 7) is 0. The minimum Gasteiger partial charge on any atom is -0.208 e. The molecule has 4 nitrogen and oxygen atoms in total. The van der Waals surface area contributed by atoms with Crippen molar-refractivity contribution in [1.29, 1.82) is 5.26 Å². The topological polar surface area (TPSA) is 62.5 Å². The average molecular weight is 615 g/mol. The van der Waals surface area contributed by atoms with Crippen LogP contribution in [0.4, 0.5) is 0 Å². The Labute approximate surface area is 280 Å². The first-order valence-electron chi connectivity index (χ1n) is 16.2. The fourth-order valence-electron chi connectivity index (χ4n) is 6.44. The van der Waals surface area contributed by atoms with Crippen molar-refractivity contribution in [2.45, 2.75) is 12.8 Å². The summed E-state index contributed by atoms with van der Waals surface area (Å²) in [5.74, 6) is 2.00. The maximum absolute atomic E-state index is 9.71. The van der Waals surface area contributed by atoms with Gasteiger partial charge < -0.3 is 0 Å². The lowest BCUT2D eigenvalue weighted by Gasteiger charge is -2.14. The molecule has 0 radical (unpaired) electrons. The molecule has 0 spiro atoms. The molecule has 0 atom stereocenters. The lowest BCUT2D eigenvalue weighted by Crippen LogP contribution is -2.03. The maximum atomic E-state index is 9.71. The van der Waals surface area contributed by atoms with Crippen LogP contribution in [-0.4, -0.2) is 15.0 Å². The van der Waals surface area contributed by atoms with E-state index in [1.807, 2.05) is 54.6 Å². The molecular weight excluding hydrogens is 585 g/mol. The third kappa shape index (κ3) is 5.59. The summed E-state index contributed by atoms with van der Waals surface area (Å²) < 4.78 is 0. The van der Waals surface area contributed by atoms with Crippen molar-refractivity contribution >= 4 is 16.3 Å². The fraction of sp³-hybridized carbons (Fsp3) is 0.0455. The van der Waals surface area contributed by atoms with Crippen molar-refractivity contribution in [3.63, 3.8) is 0 Å². The highest BCUT2D eigenvalue weighted by Gasteiger charge is 2.16. The second-order valence-electron chi connectivity index (χ2n) is 11.8. The van der Waals surface area contributed by atoms with Crippen molar-refractivity contribution in [2.75, 3.05) is 0 Å². The molecule has 7 aromatic rings. The highest BCUT2D eigenvalue weighted by atomic mass is 15.0. The predicted molar refractivity (Wildman–Crippen MR) is 196 cm³/mol. The molecule has 1 aliphatic carbocycles. The molecule has 0 saturated carbocycles. The molecule has 8 rings (SSSR count). The number of nitriles is 1. The van der Waals surface area contributed by atoms with Gasteiger partial charge in [0, 0.05) is 16.7 Å². The Kier molecular flexibility index (Phi) is 7.70. The van der Waals surface area contributed by atoms with Gasteiger partial charge in [-0.2, -0.15) is 5.26 Å². The van der Waals surface area contributed by atoms with E-state index in [2.05, 4.69) is 109 Å². The van der Waals surface area contributed by atoms with E-state index in [4.69, 9.17) is 15.0 Å². The Morgan fingerprint density at radius 3 is 1.67 bits per heavy atom. The molecule has 0 saturated heterocycles. The quantitative estimate of drug-likeness (QED) is 0.187. The number of benzene rings is 6. The molecular formula is C44H30N4. The van der Waals surface area contributed by atoms with Gasteiger partial charge in [-0.1, -0.05) is 140 Å². The third-order valence-corrected chi connectivity index (χ3v) is 8.81. The first kappa shape index (κ1) is 29.0.